The summed E-state index contributed by atoms with van der Waals surface area (Å²) in [5.41, 5.74) is 0.924. The number of nitrogens with zero attached hydrogens (tertiary/aromatic N) is 4. The van der Waals surface area contributed by atoms with Crippen molar-refractivity contribution in [1.29, 1.82) is 0 Å². The van der Waals surface area contributed by atoms with Gasteiger partial charge in [-0.2, -0.15) is 5.10 Å². The molecule has 2 aromatic heterocycles. The summed E-state index contributed by atoms with van der Waals surface area (Å²) in [7, 11) is -3.27. The standard InChI is InChI=1S/C16H17N5O4S/c1-3-21-13(9-10-17-21)14(22)18-16-20-19-15(25-16)11-5-7-12(8-6-11)26(23,24)4-2/h5-10H,3-4H2,1-2H3,(H,18,20,22). The molecule has 1 aromatic carbocycles. The molecular weight excluding hydrogens is 358 g/mol. The minimum atomic E-state index is -3.27. The van der Waals surface area contributed by atoms with Crippen LogP contribution in [0.5, 0.6) is 0 Å². The van der Waals surface area contributed by atoms with Gasteiger partial charge in [-0.05, 0) is 37.3 Å². The molecule has 3 rings (SSSR count). The van der Waals surface area contributed by atoms with E-state index in [1.807, 2.05) is 6.92 Å². The first-order valence-electron chi connectivity index (χ1n) is 7.94. The Morgan fingerprint density at radius 2 is 1.88 bits per heavy atom. The van der Waals surface area contributed by atoms with Gasteiger partial charge in [0.25, 0.3) is 5.91 Å². The topological polar surface area (TPSA) is 120 Å². The second-order valence-corrected chi connectivity index (χ2v) is 7.60. The number of amides is 1. The molecule has 0 saturated carbocycles. The first-order valence-corrected chi connectivity index (χ1v) is 9.59. The first kappa shape index (κ1) is 17.8. The molecule has 26 heavy (non-hydrogen) atoms. The Morgan fingerprint density at radius 1 is 1.15 bits per heavy atom. The smallest absolute Gasteiger partial charge is 0.322 e. The van der Waals surface area contributed by atoms with E-state index in [0.29, 0.717) is 17.8 Å². The number of hydrogen-bond donors (Lipinski definition) is 1. The zero-order valence-corrected chi connectivity index (χ0v) is 15.0. The third-order valence-electron chi connectivity index (χ3n) is 3.73. The Bertz CT molecular complexity index is 1020. The van der Waals surface area contributed by atoms with Gasteiger partial charge in [0.05, 0.1) is 10.6 Å². The molecule has 1 amide bonds. The third kappa shape index (κ3) is 3.49. The van der Waals surface area contributed by atoms with Crippen LogP contribution in [0.3, 0.4) is 0 Å². The van der Waals surface area contributed by atoms with E-state index in [1.165, 1.54) is 18.3 Å². The van der Waals surface area contributed by atoms with Crippen LogP contribution >= 0.6 is 0 Å². The molecule has 9 nitrogen and oxygen atoms in total. The van der Waals surface area contributed by atoms with Crippen LogP contribution in [0.2, 0.25) is 0 Å². The van der Waals surface area contributed by atoms with Gasteiger partial charge in [0.2, 0.25) is 5.89 Å². The number of nitrogens with one attached hydrogen (secondary N) is 1. The molecule has 0 aliphatic carbocycles. The largest absolute Gasteiger partial charge is 0.403 e. The summed E-state index contributed by atoms with van der Waals surface area (Å²) in [4.78, 5) is 12.4. The van der Waals surface area contributed by atoms with Crippen molar-refractivity contribution in [3.05, 3.63) is 42.2 Å². The minimum Gasteiger partial charge on any atom is -0.403 e. The maximum atomic E-state index is 12.2. The first-order chi connectivity index (χ1) is 12.4. The minimum absolute atomic E-state index is 0.0252. The summed E-state index contributed by atoms with van der Waals surface area (Å²) in [6.07, 6.45) is 1.53. The second-order valence-electron chi connectivity index (χ2n) is 5.33. The lowest BCUT2D eigenvalue weighted by Crippen LogP contribution is -2.17. The SMILES string of the molecule is CCn1nccc1C(=O)Nc1nnc(-c2ccc(S(=O)(=O)CC)cc2)o1. The molecule has 0 unspecified atom stereocenters. The van der Waals surface area contributed by atoms with E-state index in [1.54, 1.807) is 29.8 Å². The van der Waals surface area contributed by atoms with Crippen LogP contribution in [-0.2, 0) is 16.4 Å². The van der Waals surface area contributed by atoms with Crippen LogP contribution in [0.15, 0.2) is 45.8 Å². The van der Waals surface area contributed by atoms with Gasteiger partial charge in [0.15, 0.2) is 9.84 Å². The molecule has 0 saturated heterocycles. The zero-order valence-electron chi connectivity index (χ0n) is 14.2. The number of sulfone groups is 1. The van der Waals surface area contributed by atoms with Crippen LogP contribution in [-0.4, -0.2) is 40.1 Å². The predicted octanol–water partition coefficient (Wildman–Crippen LogP) is 2.00. The van der Waals surface area contributed by atoms with E-state index >= 15 is 0 Å². The Kier molecular flexibility index (Phi) is 4.85. The van der Waals surface area contributed by atoms with Crippen molar-refractivity contribution >= 4 is 21.8 Å². The lowest BCUT2D eigenvalue weighted by molar-refractivity contribution is 0.101. The molecular formula is C16H17N5O4S. The highest BCUT2D eigenvalue weighted by Gasteiger charge is 2.16. The maximum Gasteiger partial charge on any atom is 0.322 e. The molecule has 3 aromatic rings. The Balaban J connectivity index is 1.77. The van der Waals surface area contributed by atoms with E-state index in [4.69, 9.17) is 4.42 Å². The number of anilines is 1. The average molecular weight is 375 g/mol. The molecule has 2 heterocycles. The van der Waals surface area contributed by atoms with E-state index in [-0.39, 0.29) is 22.6 Å². The maximum absolute atomic E-state index is 12.2. The van der Waals surface area contributed by atoms with Gasteiger partial charge in [0, 0.05) is 18.3 Å². The van der Waals surface area contributed by atoms with Crippen molar-refractivity contribution < 1.29 is 17.6 Å². The quantitative estimate of drug-likeness (QED) is 0.699. The van der Waals surface area contributed by atoms with Gasteiger partial charge in [-0.1, -0.05) is 12.0 Å². The average Bonchev–Trinajstić information content (AvgIpc) is 3.31. The molecule has 0 bridgehead atoms. The Labute approximate surface area is 150 Å². The normalized spacial score (nSPS) is 11.5. The lowest BCUT2D eigenvalue weighted by atomic mass is 10.2. The number of aryl methyl sites for hydroxylation is 1. The monoisotopic (exact) mass is 375 g/mol. The molecule has 136 valence electrons. The van der Waals surface area contributed by atoms with E-state index in [9.17, 15) is 13.2 Å². The highest BCUT2D eigenvalue weighted by atomic mass is 32.2. The van der Waals surface area contributed by atoms with Gasteiger partial charge < -0.3 is 4.42 Å². The molecule has 10 heteroatoms. The van der Waals surface area contributed by atoms with Crippen molar-refractivity contribution in [1.82, 2.24) is 20.0 Å². The highest BCUT2D eigenvalue weighted by Crippen LogP contribution is 2.22. The fourth-order valence-corrected chi connectivity index (χ4v) is 3.18. The molecule has 0 fully saturated rings. The molecule has 0 atom stereocenters. The van der Waals surface area contributed by atoms with Crippen molar-refractivity contribution in [3.63, 3.8) is 0 Å². The Hall–Kier alpha value is -3.01. The van der Waals surface area contributed by atoms with Gasteiger partial charge in [-0.15, -0.1) is 5.10 Å². The van der Waals surface area contributed by atoms with Crippen molar-refractivity contribution in [2.75, 3.05) is 11.1 Å². The number of rotatable bonds is 6. The van der Waals surface area contributed by atoms with Crippen LogP contribution in [0.25, 0.3) is 11.5 Å². The number of aromatic nitrogens is 4. The van der Waals surface area contributed by atoms with Crippen molar-refractivity contribution in [3.8, 4) is 11.5 Å². The predicted molar refractivity (Wildman–Crippen MR) is 93.3 cm³/mol. The van der Waals surface area contributed by atoms with Crippen LogP contribution < -0.4 is 5.32 Å². The van der Waals surface area contributed by atoms with Gasteiger partial charge in [0.1, 0.15) is 5.69 Å². The summed E-state index contributed by atoms with van der Waals surface area (Å²) in [6.45, 7) is 4.01. The fraction of sp³-hybridized carbons (Fsp3) is 0.250. The summed E-state index contributed by atoms with van der Waals surface area (Å²) < 4.78 is 30.6. The summed E-state index contributed by atoms with van der Waals surface area (Å²) in [6, 6.07) is 7.65. The zero-order chi connectivity index (χ0) is 18.7. The molecule has 0 radical (unpaired) electrons. The summed E-state index contributed by atoms with van der Waals surface area (Å²) in [5, 5.41) is 14.2. The van der Waals surface area contributed by atoms with Crippen LogP contribution in [0.4, 0.5) is 6.01 Å². The van der Waals surface area contributed by atoms with Crippen LogP contribution in [0, 0.1) is 0 Å². The van der Waals surface area contributed by atoms with Crippen molar-refractivity contribution in [2.24, 2.45) is 0 Å². The van der Waals surface area contributed by atoms with E-state index < -0.39 is 15.7 Å². The van der Waals surface area contributed by atoms with Gasteiger partial charge in [-0.3, -0.25) is 14.8 Å². The highest BCUT2D eigenvalue weighted by molar-refractivity contribution is 7.91. The van der Waals surface area contributed by atoms with Crippen molar-refractivity contribution in [2.45, 2.75) is 25.3 Å². The van der Waals surface area contributed by atoms with Gasteiger partial charge in [-0.25, -0.2) is 8.42 Å². The summed E-state index contributed by atoms with van der Waals surface area (Å²) in [5.74, 6) is -0.217. The summed E-state index contributed by atoms with van der Waals surface area (Å²) >= 11 is 0. The molecule has 0 aliphatic heterocycles. The number of carbonyl (C=O) groups is 1. The lowest BCUT2D eigenvalue weighted by Gasteiger charge is -2.03. The van der Waals surface area contributed by atoms with E-state index in [0.717, 1.165) is 0 Å². The third-order valence-corrected chi connectivity index (χ3v) is 5.49. The number of carbonyl (C=O) groups excluding carboxylic acids is 1. The molecule has 0 spiro atoms. The number of hydrogen-bond acceptors (Lipinski definition) is 7. The Morgan fingerprint density at radius 3 is 2.54 bits per heavy atom. The second kappa shape index (κ2) is 7.08. The number of benzene rings is 1. The molecule has 1 N–H and O–H groups in total. The fourth-order valence-electron chi connectivity index (χ4n) is 2.30. The van der Waals surface area contributed by atoms with E-state index in [2.05, 4.69) is 20.6 Å². The molecule has 0 aliphatic rings. The van der Waals surface area contributed by atoms with Gasteiger partial charge >= 0.3 is 6.01 Å². The van der Waals surface area contributed by atoms with Crippen LogP contribution in [0.1, 0.15) is 24.3 Å².